The first-order valence-electron chi connectivity index (χ1n) is 9.85. The molecule has 0 aliphatic heterocycles. The van der Waals surface area contributed by atoms with Crippen LogP contribution in [0.15, 0.2) is 12.2 Å². The van der Waals surface area contributed by atoms with E-state index >= 15 is 0 Å². The molecule has 0 saturated heterocycles. The van der Waals surface area contributed by atoms with E-state index < -0.39 is 0 Å². The van der Waals surface area contributed by atoms with E-state index in [1.54, 1.807) is 0 Å². The lowest BCUT2D eigenvalue weighted by Gasteiger charge is -2.38. The van der Waals surface area contributed by atoms with Crippen LogP contribution < -0.4 is 0 Å². The Bertz CT molecular complexity index is 478. The van der Waals surface area contributed by atoms with Gasteiger partial charge in [-0.25, -0.2) is 0 Å². The summed E-state index contributed by atoms with van der Waals surface area (Å²) in [5, 5.41) is 0. The molecule has 2 heteroatoms. The Kier molecular flexibility index (Phi) is 3.85. The third kappa shape index (κ3) is 2.76. The molecule has 0 amide bonds. The van der Waals surface area contributed by atoms with Gasteiger partial charge in [-0.3, -0.25) is 4.79 Å². The van der Waals surface area contributed by atoms with Gasteiger partial charge in [0.2, 0.25) is 0 Å². The third-order valence-corrected chi connectivity index (χ3v) is 7.61. The molecule has 0 aromatic rings. The molecule has 4 rings (SSSR count). The van der Waals surface area contributed by atoms with Crippen molar-refractivity contribution < 1.29 is 9.53 Å². The van der Waals surface area contributed by atoms with E-state index in [1.165, 1.54) is 32.1 Å². The molecule has 4 atom stereocenters. The van der Waals surface area contributed by atoms with Crippen LogP contribution in [-0.4, -0.2) is 11.6 Å². The first-order valence-corrected chi connectivity index (χ1v) is 9.85. The number of carbonyl (C=O) groups excluding carboxylic acids is 1. The van der Waals surface area contributed by atoms with E-state index in [-0.39, 0.29) is 17.5 Å². The second-order valence-electron chi connectivity index (χ2n) is 9.43. The van der Waals surface area contributed by atoms with Gasteiger partial charge in [0.1, 0.15) is 5.60 Å². The Morgan fingerprint density at radius 1 is 0.957 bits per heavy atom. The molecule has 0 spiro atoms. The first kappa shape index (κ1) is 15.7. The van der Waals surface area contributed by atoms with Gasteiger partial charge in [-0.1, -0.05) is 31.9 Å². The van der Waals surface area contributed by atoms with Crippen LogP contribution in [0.25, 0.3) is 0 Å². The van der Waals surface area contributed by atoms with Crippen molar-refractivity contribution >= 4 is 5.97 Å². The maximum atomic E-state index is 12.8. The molecule has 0 aromatic heterocycles. The van der Waals surface area contributed by atoms with Crippen molar-refractivity contribution in [2.24, 2.45) is 41.4 Å². The summed E-state index contributed by atoms with van der Waals surface area (Å²) < 4.78 is 6.09. The van der Waals surface area contributed by atoms with E-state index in [1.807, 2.05) is 0 Å². The smallest absolute Gasteiger partial charge is 0.309 e. The monoisotopic (exact) mass is 316 g/mol. The minimum absolute atomic E-state index is 0.0995. The SMILES string of the molecule is CC1CCC(C(C)(C)OC(=O)C2CC3C4C=CC(C4)C3C2)CC1. The average Bonchev–Trinajstić information content (AvgIpc) is 3.20. The Hall–Kier alpha value is -0.790. The van der Waals surface area contributed by atoms with Crippen LogP contribution in [0.4, 0.5) is 0 Å². The van der Waals surface area contributed by atoms with Crippen molar-refractivity contribution in [2.75, 3.05) is 0 Å². The zero-order chi connectivity index (χ0) is 16.2. The number of fused-ring (bicyclic) bond motifs is 5. The number of carbonyl (C=O) groups is 1. The average molecular weight is 316 g/mol. The standard InChI is InChI=1S/C21H32O2/c1-13-4-8-17(9-5-13)21(2,3)23-20(22)16-11-18-14-6-7-15(10-14)19(18)12-16/h6-7,13-19H,4-5,8-12H2,1-3H3. The van der Waals surface area contributed by atoms with Gasteiger partial charge >= 0.3 is 5.97 Å². The maximum absolute atomic E-state index is 12.8. The van der Waals surface area contributed by atoms with Gasteiger partial charge in [-0.2, -0.15) is 0 Å². The molecule has 2 bridgehead atoms. The fraction of sp³-hybridized carbons (Fsp3) is 0.857. The van der Waals surface area contributed by atoms with Crippen LogP contribution in [0.1, 0.15) is 65.7 Å². The highest BCUT2D eigenvalue weighted by Gasteiger charge is 2.52. The normalized spacial score (nSPS) is 45.3. The van der Waals surface area contributed by atoms with Crippen LogP contribution in [0, 0.1) is 41.4 Å². The minimum atomic E-state index is -0.286. The zero-order valence-electron chi connectivity index (χ0n) is 15.0. The number of hydrogen-bond acceptors (Lipinski definition) is 2. The predicted molar refractivity (Wildman–Crippen MR) is 91.7 cm³/mol. The molecule has 0 radical (unpaired) electrons. The summed E-state index contributed by atoms with van der Waals surface area (Å²) in [6.45, 7) is 6.63. The molecular weight excluding hydrogens is 284 g/mol. The predicted octanol–water partition coefficient (Wildman–Crippen LogP) is 4.98. The summed E-state index contributed by atoms with van der Waals surface area (Å²) in [6.07, 6.45) is 13.3. The van der Waals surface area contributed by atoms with Crippen molar-refractivity contribution in [1.82, 2.24) is 0 Å². The topological polar surface area (TPSA) is 26.3 Å². The summed E-state index contributed by atoms with van der Waals surface area (Å²) in [5.74, 6) is 4.70. The Balaban J connectivity index is 1.35. The van der Waals surface area contributed by atoms with Crippen molar-refractivity contribution in [3.8, 4) is 0 Å². The molecule has 0 N–H and O–H groups in total. The molecule has 128 valence electrons. The molecule has 3 fully saturated rings. The lowest BCUT2D eigenvalue weighted by atomic mass is 9.75. The van der Waals surface area contributed by atoms with Gasteiger partial charge in [0.25, 0.3) is 0 Å². The number of rotatable bonds is 3. The fourth-order valence-electron chi connectivity index (χ4n) is 6.05. The fourth-order valence-corrected chi connectivity index (χ4v) is 6.05. The van der Waals surface area contributed by atoms with E-state index in [2.05, 4.69) is 32.9 Å². The van der Waals surface area contributed by atoms with Crippen molar-refractivity contribution in [2.45, 2.75) is 71.3 Å². The Morgan fingerprint density at radius 2 is 1.52 bits per heavy atom. The van der Waals surface area contributed by atoms with Crippen molar-refractivity contribution in [1.29, 1.82) is 0 Å². The third-order valence-electron chi connectivity index (χ3n) is 7.61. The lowest BCUT2D eigenvalue weighted by Crippen LogP contribution is -2.40. The molecule has 0 heterocycles. The van der Waals surface area contributed by atoms with Gasteiger partial charge in [0.05, 0.1) is 5.92 Å². The quantitative estimate of drug-likeness (QED) is 0.542. The molecule has 23 heavy (non-hydrogen) atoms. The number of esters is 1. The van der Waals surface area contributed by atoms with Crippen molar-refractivity contribution in [3.05, 3.63) is 12.2 Å². The molecule has 3 saturated carbocycles. The maximum Gasteiger partial charge on any atom is 0.309 e. The van der Waals surface area contributed by atoms with E-state index in [9.17, 15) is 4.79 Å². The van der Waals surface area contributed by atoms with Crippen LogP contribution in [0.2, 0.25) is 0 Å². The number of hydrogen-bond donors (Lipinski definition) is 0. The molecule has 2 nitrogen and oxygen atoms in total. The molecule has 4 unspecified atom stereocenters. The zero-order valence-corrected chi connectivity index (χ0v) is 15.0. The van der Waals surface area contributed by atoms with Gasteiger partial charge in [-0.05, 0) is 81.5 Å². The highest BCUT2D eigenvalue weighted by atomic mass is 16.6. The van der Waals surface area contributed by atoms with E-state index in [4.69, 9.17) is 4.74 Å². The highest BCUT2D eigenvalue weighted by Crippen LogP contribution is 2.57. The molecular formula is C21H32O2. The second kappa shape index (κ2) is 5.63. The molecule has 0 aromatic carbocycles. The summed E-state index contributed by atoms with van der Waals surface area (Å²) in [6, 6.07) is 0. The Labute approximate surface area is 141 Å². The largest absolute Gasteiger partial charge is 0.459 e. The van der Waals surface area contributed by atoms with Crippen LogP contribution >= 0.6 is 0 Å². The van der Waals surface area contributed by atoms with Crippen LogP contribution in [-0.2, 0) is 9.53 Å². The summed E-state index contributed by atoms with van der Waals surface area (Å²) in [4.78, 5) is 12.8. The van der Waals surface area contributed by atoms with Gasteiger partial charge in [0, 0.05) is 0 Å². The van der Waals surface area contributed by atoms with Crippen molar-refractivity contribution in [3.63, 3.8) is 0 Å². The number of allylic oxidation sites excluding steroid dienone is 2. The number of ether oxygens (including phenoxy) is 1. The Morgan fingerprint density at radius 3 is 2.09 bits per heavy atom. The summed E-state index contributed by atoms with van der Waals surface area (Å²) in [7, 11) is 0. The van der Waals surface area contributed by atoms with Gasteiger partial charge < -0.3 is 4.74 Å². The van der Waals surface area contributed by atoms with E-state index in [0.29, 0.717) is 5.92 Å². The molecule has 4 aliphatic carbocycles. The van der Waals surface area contributed by atoms with Crippen LogP contribution in [0.3, 0.4) is 0 Å². The molecule has 4 aliphatic rings. The lowest BCUT2D eigenvalue weighted by molar-refractivity contribution is -0.168. The van der Waals surface area contributed by atoms with Gasteiger partial charge in [-0.15, -0.1) is 0 Å². The van der Waals surface area contributed by atoms with Crippen LogP contribution in [0.5, 0.6) is 0 Å². The first-order chi connectivity index (χ1) is 10.9. The second-order valence-corrected chi connectivity index (χ2v) is 9.43. The van der Waals surface area contributed by atoms with E-state index in [0.717, 1.165) is 42.4 Å². The minimum Gasteiger partial charge on any atom is -0.459 e. The summed E-state index contributed by atoms with van der Waals surface area (Å²) >= 11 is 0. The van der Waals surface area contributed by atoms with Gasteiger partial charge in [0.15, 0.2) is 0 Å². The highest BCUT2D eigenvalue weighted by molar-refractivity contribution is 5.73. The summed E-state index contributed by atoms with van der Waals surface area (Å²) in [5.41, 5.74) is -0.286.